The summed E-state index contributed by atoms with van der Waals surface area (Å²) in [5.41, 5.74) is 6.57. The molecule has 0 saturated carbocycles. The first-order valence-electron chi connectivity index (χ1n) is 9.90. The largest absolute Gasteiger partial charge is 0.508 e. The summed E-state index contributed by atoms with van der Waals surface area (Å²) in [7, 11) is 0. The molecule has 0 heterocycles. The third-order valence-corrected chi connectivity index (χ3v) is 5.05. The molecule has 1 aliphatic rings. The number of carbonyl (C=O) groups is 1. The predicted molar refractivity (Wildman–Crippen MR) is 119 cm³/mol. The fraction of sp³-hybridized carbons (Fsp3) is 0.192. The third kappa shape index (κ3) is 5.14. The second-order valence-electron chi connectivity index (χ2n) is 7.28. The van der Waals surface area contributed by atoms with Crippen molar-refractivity contribution in [3.63, 3.8) is 0 Å². The number of phenolic OH excluding ortho intramolecular Hbond substituents is 1. The highest BCUT2D eigenvalue weighted by Crippen LogP contribution is 2.35. The Balaban J connectivity index is 2.14. The van der Waals surface area contributed by atoms with Gasteiger partial charge in [0, 0.05) is 6.08 Å². The lowest BCUT2D eigenvalue weighted by Crippen LogP contribution is -2.01. The number of carboxylic acids is 1. The molecule has 0 aliphatic heterocycles. The highest BCUT2D eigenvalue weighted by Gasteiger charge is 2.16. The Morgan fingerprint density at radius 3 is 2.24 bits per heavy atom. The van der Waals surface area contributed by atoms with Gasteiger partial charge in [0.05, 0.1) is 0 Å². The van der Waals surface area contributed by atoms with E-state index in [1.807, 2.05) is 36.4 Å². The number of benzene rings is 2. The molecule has 3 rings (SSSR count). The highest BCUT2D eigenvalue weighted by molar-refractivity contribution is 5.87. The smallest absolute Gasteiger partial charge is 0.328 e. The van der Waals surface area contributed by atoms with E-state index in [-0.39, 0.29) is 5.75 Å². The van der Waals surface area contributed by atoms with Gasteiger partial charge in [-0.1, -0.05) is 68.5 Å². The van der Waals surface area contributed by atoms with Gasteiger partial charge in [0.15, 0.2) is 0 Å². The number of carboxylic acid groups (broad SMARTS) is 1. The maximum absolute atomic E-state index is 10.8. The Morgan fingerprint density at radius 2 is 1.69 bits per heavy atom. The van der Waals surface area contributed by atoms with Crippen LogP contribution >= 0.6 is 0 Å². The van der Waals surface area contributed by atoms with Gasteiger partial charge in [0.25, 0.3) is 0 Å². The van der Waals surface area contributed by atoms with Gasteiger partial charge in [-0.15, -0.1) is 0 Å². The molecular formula is C26H26O3. The summed E-state index contributed by atoms with van der Waals surface area (Å²) < 4.78 is 0. The van der Waals surface area contributed by atoms with Crippen LogP contribution in [0.3, 0.4) is 0 Å². The van der Waals surface area contributed by atoms with Crippen LogP contribution < -0.4 is 0 Å². The van der Waals surface area contributed by atoms with Crippen molar-refractivity contribution in [2.24, 2.45) is 5.92 Å². The zero-order valence-electron chi connectivity index (χ0n) is 16.8. The molecule has 0 bridgehead atoms. The van der Waals surface area contributed by atoms with Crippen LogP contribution in [-0.2, 0) is 4.79 Å². The maximum Gasteiger partial charge on any atom is 0.328 e. The molecule has 148 valence electrons. The van der Waals surface area contributed by atoms with Crippen LogP contribution in [0.1, 0.15) is 43.4 Å². The van der Waals surface area contributed by atoms with Crippen molar-refractivity contribution >= 4 is 17.6 Å². The van der Waals surface area contributed by atoms with E-state index in [2.05, 4.69) is 32.1 Å². The van der Waals surface area contributed by atoms with Crippen molar-refractivity contribution in [3.8, 4) is 5.75 Å². The molecule has 0 fully saturated rings. The minimum absolute atomic E-state index is 0.241. The summed E-state index contributed by atoms with van der Waals surface area (Å²) in [5.74, 6) is -0.218. The van der Waals surface area contributed by atoms with Crippen molar-refractivity contribution in [1.82, 2.24) is 0 Å². The first-order valence-corrected chi connectivity index (χ1v) is 9.90. The van der Waals surface area contributed by atoms with E-state index in [0.717, 1.165) is 41.2 Å². The number of aliphatic carboxylic acids is 1. The second kappa shape index (κ2) is 9.24. The number of aromatic hydroxyl groups is 1. The van der Waals surface area contributed by atoms with Gasteiger partial charge in [-0.3, -0.25) is 0 Å². The van der Waals surface area contributed by atoms with Gasteiger partial charge >= 0.3 is 5.97 Å². The quantitative estimate of drug-likeness (QED) is 0.579. The molecule has 0 spiro atoms. The molecule has 3 nitrogen and oxygen atoms in total. The first kappa shape index (κ1) is 20.4. The zero-order valence-corrected chi connectivity index (χ0v) is 16.8. The van der Waals surface area contributed by atoms with Crippen LogP contribution in [0.2, 0.25) is 0 Å². The van der Waals surface area contributed by atoms with Gasteiger partial charge in [-0.25, -0.2) is 4.79 Å². The van der Waals surface area contributed by atoms with E-state index in [1.54, 1.807) is 18.2 Å². The number of hydrogen-bond acceptors (Lipinski definition) is 2. The summed E-state index contributed by atoms with van der Waals surface area (Å²) in [6, 6.07) is 15.2. The first-order chi connectivity index (χ1) is 14.0. The van der Waals surface area contributed by atoms with Crippen molar-refractivity contribution in [2.45, 2.75) is 26.7 Å². The Bertz CT molecular complexity index is 987. The SMILES string of the molecule is CC/C(C1=CC(C)CC=C1)=C(/c1ccc(O)cc1)c1ccc(/C=C/C(=O)O)cc1. The normalized spacial score (nSPS) is 17.2. The van der Waals surface area contributed by atoms with E-state index < -0.39 is 5.97 Å². The van der Waals surface area contributed by atoms with Crippen molar-refractivity contribution in [2.75, 3.05) is 0 Å². The van der Waals surface area contributed by atoms with Gasteiger partial charge in [-0.05, 0) is 70.4 Å². The van der Waals surface area contributed by atoms with Crippen molar-refractivity contribution in [3.05, 3.63) is 101 Å². The van der Waals surface area contributed by atoms with E-state index in [4.69, 9.17) is 5.11 Å². The summed E-state index contributed by atoms with van der Waals surface area (Å²) >= 11 is 0. The van der Waals surface area contributed by atoms with Crippen LogP contribution in [0.25, 0.3) is 11.6 Å². The molecule has 1 unspecified atom stereocenters. The van der Waals surface area contributed by atoms with E-state index in [9.17, 15) is 9.90 Å². The van der Waals surface area contributed by atoms with Crippen molar-refractivity contribution < 1.29 is 15.0 Å². The zero-order chi connectivity index (χ0) is 20.8. The maximum atomic E-state index is 10.8. The van der Waals surface area contributed by atoms with Gasteiger partial charge in [0.1, 0.15) is 5.75 Å². The van der Waals surface area contributed by atoms with Crippen LogP contribution in [0.5, 0.6) is 5.75 Å². The lowest BCUT2D eigenvalue weighted by molar-refractivity contribution is -0.131. The Kier molecular flexibility index (Phi) is 6.50. The summed E-state index contributed by atoms with van der Waals surface area (Å²) in [6.45, 7) is 4.38. The topological polar surface area (TPSA) is 57.5 Å². The average molecular weight is 386 g/mol. The summed E-state index contributed by atoms with van der Waals surface area (Å²) in [5, 5.41) is 18.6. The Labute approximate surface area is 172 Å². The fourth-order valence-electron chi connectivity index (χ4n) is 3.64. The molecule has 2 N–H and O–H groups in total. The molecule has 0 aromatic heterocycles. The lowest BCUT2D eigenvalue weighted by atomic mass is 9.84. The predicted octanol–water partition coefficient (Wildman–Crippen LogP) is 6.22. The standard InChI is InChI=1S/C26H26O3/c1-3-24(22-6-4-5-18(2)17-22)26(21-12-14-23(27)15-13-21)20-10-7-19(8-11-20)9-16-25(28)29/h4,6-18,27H,3,5H2,1-2H3,(H,28,29)/b16-9+,26-24-. The van der Waals surface area contributed by atoms with Crippen LogP contribution in [-0.4, -0.2) is 16.2 Å². The average Bonchev–Trinajstić information content (AvgIpc) is 2.72. The molecule has 1 atom stereocenters. The molecule has 3 heteroatoms. The fourth-order valence-corrected chi connectivity index (χ4v) is 3.64. The highest BCUT2D eigenvalue weighted by atomic mass is 16.4. The van der Waals surface area contributed by atoms with E-state index in [0.29, 0.717) is 5.92 Å². The molecule has 0 radical (unpaired) electrons. The molecule has 2 aromatic rings. The van der Waals surface area contributed by atoms with Gasteiger partial charge in [0.2, 0.25) is 0 Å². The Hall–Kier alpha value is -3.33. The molecular weight excluding hydrogens is 360 g/mol. The van der Waals surface area contributed by atoms with Crippen LogP contribution in [0.4, 0.5) is 0 Å². The molecule has 0 saturated heterocycles. The summed E-state index contributed by atoms with van der Waals surface area (Å²) in [4.78, 5) is 10.8. The minimum atomic E-state index is -0.961. The number of rotatable bonds is 6. The number of hydrogen-bond donors (Lipinski definition) is 2. The summed E-state index contributed by atoms with van der Waals surface area (Å²) in [6.07, 6.45) is 11.4. The molecule has 2 aromatic carbocycles. The van der Waals surface area contributed by atoms with Crippen LogP contribution in [0, 0.1) is 5.92 Å². The van der Waals surface area contributed by atoms with Gasteiger partial charge < -0.3 is 10.2 Å². The van der Waals surface area contributed by atoms with Crippen LogP contribution in [0.15, 0.2) is 84.0 Å². The number of phenols is 1. The molecule has 0 amide bonds. The van der Waals surface area contributed by atoms with Gasteiger partial charge in [-0.2, -0.15) is 0 Å². The number of allylic oxidation sites excluding steroid dienone is 5. The monoisotopic (exact) mass is 386 g/mol. The van der Waals surface area contributed by atoms with E-state index >= 15 is 0 Å². The lowest BCUT2D eigenvalue weighted by Gasteiger charge is -2.20. The second-order valence-corrected chi connectivity index (χ2v) is 7.28. The third-order valence-electron chi connectivity index (χ3n) is 5.05. The molecule has 29 heavy (non-hydrogen) atoms. The van der Waals surface area contributed by atoms with E-state index in [1.165, 1.54) is 11.1 Å². The minimum Gasteiger partial charge on any atom is -0.508 e. The molecule has 1 aliphatic carbocycles. The van der Waals surface area contributed by atoms with Crippen molar-refractivity contribution in [1.29, 1.82) is 0 Å². The Morgan fingerprint density at radius 1 is 1.07 bits per heavy atom.